The van der Waals surface area contributed by atoms with Crippen LogP contribution in [0.3, 0.4) is 0 Å². The lowest BCUT2D eigenvalue weighted by Crippen LogP contribution is -2.52. The fourth-order valence-electron chi connectivity index (χ4n) is 4.17. The van der Waals surface area contributed by atoms with Gasteiger partial charge in [-0.3, -0.25) is 13.9 Å². The molecule has 3 aromatic rings. The van der Waals surface area contributed by atoms with Gasteiger partial charge >= 0.3 is 0 Å². The summed E-state index contributed by atoms with van der Waals surface area (Å²) in [4.78, 5) is 29.4. The maximum Gasteiger partial charge on any atom is 0.264 e. The number of carbonyl (C=O) groups excluding carboxylic acids is 2. The Kier molecular flexibility index (Phi) is 12.0. The van der Waals surface area contributed by atoms with Crippen LogP contribution in [0.2, 0.25) is 10.0 Å². The van der Waals surface area contributed by atoms with Gasteiger partial charge in [-0.2, -0.15) is 0 Å². The van der Waals surface area contributed by atoms with Crippen molar-refractivity contribution in [1.29, 1.82) is 0 Å². The van der Waals surface area contributed by atoms with Crippen LogP contribution in [0.25, 0.3) is 0 Å². The molecule has 12 heteroatoms. The fraction of sp³-hybridized carbons (Fsp3) is 0.333. The van der Waals surface area contributed by atoms with E-state index in [-0.39, 0.29) is 29.8 Å². The zero-order valence-corrected chi connectivity index (χ0v) is 27.3. The van der Waals surface area contributed by atoms with Gasteiger partial charge in [0.15, 0.2) is 0 Å². The lowest BCUT2D eigenvalue weighted by atomic mass is 10.1. The van der Waals surface area contributed by atoms with Crippen LogP contribution in [0.5, 0.6) is 5.75 Å². The number of rotatable bonds is 13. The van der Waals surface area contributed by atoms with Crippen LogP contribution in [0.1, 0.15) is 33.3 Å². The molecule has 1 atom stereocenters. The maximum atomic E-state index is 14.1. The molecule has 8 nitrogen and oxygen atoms in total. The van der Waals surface area contributed by atoms with E-state index < -0.39 is 34.4 Å². The highest BCUT2D eigenvalue weighted by Gasteiger charge is 2.34. The molecule has 2 amide bonds. The van der Waals surface area contributed by atoms with Gasteiger partial charge in [0.1, 0.15) is 18.3 Å². The Morgan fingerprint density at radius 1 is 0.952 bits per heavy atom. The quantitative estimate of drug-likeness (QED) is 0.220. The first-order valence-corrected chi connectivity index (χ1v) is 16.7. The molecule has 0 aliphatic heterocycles. The highest BCUT2D eigenvalue weighted by Crippen LogP contribution is 2.34. The molecule has 0 saturated carbocycles. The molecular formula is C30H35Cl2N3O5S2. The summed E-state index contributed by atoms with van der Waals surface area (Å²) >= 11 is 14.3. The van der Waals surface area contributed by atoms with Gasteiger partial charge in [-0.15, -0.1) is 11.8 Å². The number of anilines is 1. The number of nitrogens with zero attached hydrogens (tertiary/aromatic N) is 2. The second kappa shape index (κ2) is 15.0. The van der Waals surface area contributed by atoms with Crippen LogP contribution in [-0.4, -0.2) is 56.6 Å². The van der Waals surface area contributed by atoms with Crippen LogP contribution in [0.4, 0.5) is 5.69 Å². The minimum atomic E-state index is -4.26. The fourth-order valence-corrected chi connectivity index (χ4v) is 6.52. The number of nitrogens with one attached hydrogen (secondary N) is 1. The van der Waals surface area contributed by atoms with Crippen LogP contribution in [0.15, 0.2) is 76.5 Å². The van der Waals surface area contributed by atoms with Crippen LogP contribution >= 0.6 is 35.0 Å². The predicted molar refractivity (Wildman–Crippen MR) is 170 cm³/mol. The third-order valence-corrected chi connectivity index (χ3v) is 9.57. The number of para-hydroxylation sites is 2. The van der Waals surface area contributed by atoms with E-state index in [0.29, 0.717) is 21.4 Å². The summed E-state index contributed by atoms with van der Waals surface area (Å²) in [5.41, 5.74) is 0.631. The molecular weight excluding hydrogens is 617 g/mol. The average Bonchev–Trinajstić information content (AvgIpc) is 2.95. The Morgan fingerprint density at radius 3 is 2.14 bits per heavy atom. The van der Waals surface area contributed by atoms with Gasteiger partial charge in [0.2, 0.25) is 11.8 Å². The maximum absolute atomic E-state index is 14.1. The molecule has 42 heavy (non-hydrogen) atoms. The summed E-state index contributed by atoms with van der Waals surface area (Å²) in [6.07, 6.45) is 1.89. The standard InChI is InChI=1S/C30H35Cl2N3O5S2/c1-6-40-28-13-8-7-12-27(28)35(42(38,39)23-16-14-22(41-5)15-17-23)19-29(36)34(21(4)30(37)33-20(2)3)18-24-25(31)10-9-11-26(24)32/h7-17,20-21H,6,18-19H2,1-5H3,(H,33,37). The smallest absolute Gasteiger partial charge is 0.264 e. The van der Waals surface area contributed by atoms with E-state index in [9.17, 15) is 18.0 Å². The molecule has 0 aromatic heterocycles. The first kappa shape index (κ1) is 33.6. The lowest BCUT2D eigenvalue weighted by molar-refractivity contribution is -0.139. The molecule has 3 aromatic carbocycles. The summed E-state index contributed by atoms with van der Waals surface area (Å²) in [6, 6.07) is 16.8. The number of amides is 2. The molecule has 1 unspecified atom stereocenters. The molecule has 0 aliphatic rings. The number of sulfonamides is 1. The van der Waals surface area contributed by atoms with Crippen molar-refractivity contribution in [2.75, 3.05) is 23.7 Å². The van der Waals surface area contributed by atoms with Gasteiger partial charge in [-0.05, 0) is 82.5 Å². The average molecular weight is 653 g/mol. The normalized spacial score (nSPS) is 12.1. The van der Waals surface area contributed by atoms with Crippen molar-refractivity contribution in [3.8, 4) is 5.75 Å². The highest BCUT2D eigenvalue weighted by molar-refractivity contribution is 7.98. The highest BCUT2D eigenvalue weighted by atomic mass is 35.5. The Balaban J connectivity index is 2.12. The molecule has 0 radical (unpaired) electrons. The van der Waals surface area contributed by atoms with E-state index in [1.807, 2.05) is 20.1 Å². The summed E-state index contributed by atoms with van der Waals surface area (Å²) in [7, 11) is -4.26. The van der Waals surface area contributed by atoms with Gasteiger partial charge in [-0.1, -0.05) is 41.4 Å². The molecule has 0 aliphatic carbocycles. The molecule has 0 saturated heterocycles. The summed E-state index contributed by atoms with van der Waals surface area (Å²) < 4.78 is 35.0. The van der Waals surface area contributed by atoms with Gasteiger partial charge < -0.3 is 15.0 Å². The molecule has 0 heterocycles. The number of carbonyl (C=O) groups is 2. The van der Waals surface area contributed by atoms with Gasteiger partial charge in [0.25, 0.3) is 10.0 Å². The molecule has 0 fully saturated rings. The number of halogens is 2. The minimum absolute atomic E-state index is 0.00528. The van der Waals surface area contributed by atoms with E-state index in [1.54, 1.807) is 68.4 Å². The molecule has 0 bridgehead atoms. The number of benzene rings is 3. The van der Waals surface area contributed by atoms with E-state index >= 15 is 0 Å². The Bertz CT molecular complexity index is 1480. The van der Waals surface area contributed by atoms with Crippen molar-refractivity contribution < 1.29 is 22.7 Å². The summed E-state index contributed by atoms with van der Waals surface area (Å²) in [6.45, 7) is 6.53. The van der Waals surface area contributed by atoms with Gasteiger partial charge in [0, 0.05) is 33.1 Å². The second-order valence-corrected chi connectivity index (χ2v) is 13.2. The van der Waals surface area contributed by atoms with E-state index in [1.165, 1.54) is 28.8 Å². The van der Waals surface area contributed by atoms with Gasteiger partial charge in [0.05, 0.1) is 17.2 Å². The first-order chi connectivity index (χ1) is 19.9. The monoisotopic (exact) mass is 651 g/mol. The van der Waals surface area contributed by atoms with E-state index in [0.717, 1.165) is 9.20 Å². The zero-order valence-electron chi connectivity index (χ0n) is 24.1. The van der Waals surface area contributed by atoms with Crippen LogP contribution < -0.4 is 14.4 Å². The molecule has 3 rings (SSSR count). The van der Waals surface area contributed by atoms with Crippen molar-refractivity contribution in [2.45, 2.75) is 56.1 Å². The number of thioether (sulfide) groups is 1. The van der Waals surface area contributed by atoms with Gasteiger partial charge in [-0.25, -0.2) is 8.42 Å². The molecule has 226 valence electrons. The van der Waals surface area contributed by atoms with Crippen molar-refractivity contribution >= 4 is 62.5 Å². The van der Waals surface area contributed by atoms with E-state index in [4.69, 9.17) is 27.9 Å². The topological polar surface area (TPSA) is 96.0 Å². The number of hydrogen-bond acceptors (Lipinski definition) is 6. The van der Waals surface area contributed by atoms with Crippen molar-refractivity contribution in [2.24, 2.45) is 0 Å². The second-order valence-electron chi connectivity index (χ2n) is 9.65. The predicted octanol–water partition coefficient (Wildman–Crippen LogP) is 6.25. The Morgan fingerprint density at radius 2 is 1.57 bits per heavy atom. The summed E-state index contributed by atoms with van der Waals surface area (Å²) in [5.74, 6) is -0.741. The van der Waals surface area contributed by atoms with Crippen molar-refractivity contribution in [1.82, 2.24) is 10.2 Å². The largest absolute Gasteiger partial charge is 0.492 e. The van der Waals surface area contributed by atoms with E-state index in [2.05, 4.69) is 5.32 Å². The zero-order chi connectivity index (χ0) is 31.0. The molecule has 0 spiro atoms. The Labute approximate surface area is 262 Å². The third-order valence-electron chi connectivity index (χ3n) is 6.35. The SMILES string of the molecule is CCOc1ccccc1N(CC(=O)N(Cc1c(Cl)cccc1Cl)C(C)C(=O)NC(C)C)S(=O)(=O)c1ccc(SC)cc1. The van der Waals surface area contributed by atoms with Crippen molar-refractivity contribution in [3.63, 3.8) is 0 Å². The Hall–Kier alpha value is -2.92. The first-order valence-electron chi connectivity index (χ1n) is 13.3. The number of ether oxygens (including phenoxy) is 1. The number of hydrogen-bond donors (Lipinski definition) is 1. The minimum Gasteiger partial charge on any atom is -0.492 e. The van der Waals surface area contributed by atoms with Crippen molar-refractivity contribution in [3.05, 3.63) is 82.3 Å². The third kappa shape index (κ3) is 8.12. The molecule has 1 N–H and O–H groups in total. The summed E-state index contributed by atoms with van der Waals surface area (Å²) in [5, 5.41) is 3.45. The lowest BCUT2D eigenvalue weighted by Gasteiger charge is -2.33. The van der Waals surface area contributed by atoms with Crippen LogP contribution in [0, 0.1) is 0 Å². The van der Waals surface area contributed by atoms with Crippen LogP contribution in [-0.2, 0) is 26.2 Å².